The van der Waals surface area contributed by atoms with Gasteiger partial charge in [0, 0.05) is 0 Å². The topological polar surface area (TPSA) is 38.9 Å². The molecule has 12 heavy (non-hydrogen) atoms. The zero-order valence-corrected chi connectivity index (χ0v) is 8.60. The van der Waals surface area contributed by atoms with Crippen molar-refractivity contribution < 1.29 is 8.78 Å². The summed E-state index contributed by atoms with van der Waals surface area (Å²) in [6.07, 6.45) is -2.68. The Morgan fingerprint density at radius 3 is 2.67 bits per heavy atom. The molecule has 0 aliphatic rings. The fraction of sp³-hybridized carbons (Fsp3) is 0.167. The number of rotatable bonds is 1. The van der Waals surface area contributed by atoms with E-state index in [0.29, 0.717) is 3.57 Å². The maximum atomic E-state index is 12.1. The summed E-state index contributed by atoms with van der Waals surface area (Å²) in [4.78, 5) is 3.45. The predicted octanol–water partition coefficient (Wildman–Crippen LogP) is 2.86. The molecule has 1 rings (SSSR count). The van der Waals surface area contributed by atoms with Gasteiger partial charge < -0.3 is 5.73 Å². The fourth-order valence-electron chi connectivity index (χ4n) is 0.669. The molecule has 0 saturated carbocycles. The summed E-state index contributed by atoms with van der Waals surface area (Å²) in [5, 5.41) is 0.0556. The minimum Gasteiger partial charge on any atom is -0.397 e. The van der Waals surface area contributed by atoms with Crippen LogP contribution < -0.4 is 5.73 Å². The highest BCUT2D eigenvalue weighted by molar-refractivity contribution is 14.1. The van der Waals surface area contributed by atoms with Gasteiger partial charge in [0.15, 0.2) is 0 Å². The van der Waals surface area contributed by atoms with Gasteiger partial charge in [0.05, 0.1) is 9.26 Å². The van der Waals surface area contributed by atoms with E-state index in [1.165, 1.54) is 6.07 Å². The van der Waals surface area contributed by atoms with Crippen molar-refractivity contribution in [2.75, 3.05) is 5.73 Å². The molecule has 0 aromatic carbocycles. The maximum Gasteiger partial charge on any atom is 0.282 e. The van der Waals surface area contributed by atoms with Crippen molar-refractivity contribution in [3.05, 3.63) is 20.5 Å². The summed E-state index contributed by atoms with van der Waals surface area (Å²) < 4.78 is 24.8. The van der Waals surface area contributed by atoms with Gasteiger partial charge in [0.2, 0.25) is 0 Å². The first-order valence-electron chi connectivity index (χ1n) is 2.92. The molecule has 0 spiro atoms. The second-order valence-electron chi connectivity index (χ2n) is 2.04. The Balaban J connectivity index is 3.23. The number of hydrogen-bond donors (Lipinski definition) is 1. The van der Waals surface area contributed by atoms with E-state index in [0.717, 1.165) is 0 Å². The van der Waals surface area contributed by atoms with Gasteiger partial charge in [-0.05, 0) is 28.7 Å². The van der Waals surface area contributed by atoms with Gasteiger partial charge >= 0.3 is 0 Å². The molecular weight excluding hydrogens is 300 g/mol. The molecule has 0 aliphatic carbocycles. The van der Waals surface area contributed by atoms with Crippen molar-refractivity contribution in [3.8, 4) is 0 Å². The third-order valence-electron chi connectivity index (χ3n) is 1.20. The zero-order chi connectivity index (χ0) is 9.30. The maximum absolute atomic E-state index is 12.1. The number of anilines is 1. The van der Waals surface area contributed by atoms with Crippen molar-refractivity contribution >= 4 is 39.9 Å². The highest BCUT2D eigenvalue weighted by atomic mass is 127. The van der Waals surface area contributed by atoms with Crippen molar-refractivity contribution in [3.63, 3.8) is 0 Å². The van der Waals surface area contributed by atoms with E-state index in [4.69, 9.17) is 17.3 Å². The van der Waals surface area contributed by atoms with Crippen molar-refractivity contribution in [2.45, 2.75) is 6.43 Å². The molecule has 0 radical (unpaired) electrons. The first-order chi connectivity index (χ1) is 5.52. The Bertz CT molecular complexity index is 306. The Morgan fingerprint density at radius 2 is 2.17 bits per heavy atom. The molecule has 1 aromatic heterocycles. The molecule has 2 N–H and O–H groups in total. The second kappa shape index (κ2) is 3.69. The van der Waals surface area contributed by atoms with E-state index in [1.807, 2.05) is 22.6 Å². The number of hydrogen-bond acceptors (Lipinski definition) is 2. The van der Waals surface area contributed by atoms with Crippen LogP contribution in [-0.4, -0.2) is 4.98 Å². The quantitative estimate of drug-likeness (QED) is 0.640. The molecule has 1 aromatic rings. The molecular formula is C6H4ClF2IN2. The monoisotopic (exact) mass is 304 g/mol. The number of alkyl halides is 2. The first-order valence-corrected chi connectivity index (χ1v) is 4.37. The van der Waals surface area contributed by atoms with Crippen LogP contribution in [0.1, 0.15) is 12.1 Å². The third kappa shape index (κ3) is 1.95. The van der Waals surface area contributed by atoms with Gasteiger partial charge in [-0.25, -0.2) is 13.8 Å². The lowest BCUT2D eigenvalue weighted by atomic mass is 10.3. The molecule has 0 fully saturated rings. The van der Waals surface area contributed by atoms with Crippen molar-refractivity contribution in [1.29, 1.82) is 0 Å². The van der Waals surface area contributed by atoms with Crippen LogP contribution >= 0.6 is 34.2 Å². The van der Waals surface area contributed by atoms with Crippen LogP contribution in [0.5, 0.6) is 0 Å². The Labute approximate surface area is 86.3 Å². The van der Waals surface area contributed by atoms with Crippen LogP contribution in [-0.2, 0) is 0 Å². The highest BCUT2D eigenvalue weighted by Crippen LogP contribution is 2.27. The minimum absolute atomic E-state index is 0.0289. The van der Waals surface area contributed by atoms with Crippen LogP contribution in [0.2, 0.25) is 5.15 Å². The normalized spacial score (nSPS) is 10.8. The molecule has 0 atom stereocenters. The Hall–Kier alpha value is -0.170. The molecule has 0 amide bonds. The summed E-state index contributed by atoms with van der Waals surface area (Å²) >= 11 is 7.39. The van der Waals surface area contributed by atoms with E-state index in [1.54, 1.807) is 0 Å². The Morgan fingerprint density at radius 1 is 1.58 bits per heavy atom. The minimum atomic E-state index is -2.68. The largest absolute Gasteiger partial charge is 0.397 e. The lowest BCUT2D eigenvalue weighted by Gasteiger charge is -2.04. The van der Waals surface area contributed by atoms with Gasteiger partial charge in [-0.2, -0.15) is 0 Å². The Kier molecular flexibility index (Phi) is 3.05. The van der Waals surface area contributed by atoms with E-state index in [-0.39, 0.29) is 10.8 Å². The van der Waals surface area contributed by atoms with Gasteiger partial charge in [-0.3, -0.25) is 0 Å². The van der Waals surface area contributed by atoms with E-state index < -0.39 is 12.1 Å². The number of halogens is 4. The average Bonchev–Trinajstić information content (AvgIpc) is 1.96. The number of nitrogens with zero attached hydrogens (tertiary/aromatic N) is 1. The van der Waals surface area contributed by atoms with E-state index >= 15 is 0 Å². The summed E-state index contributed by atoms with van der Waals surface area (Å²) in [6, 6.07) is 1.37. The summed E-state index contributed by atoms with van der Waals surface area (Å²) in [7, 11) is 0. The number of aromatic nitrogens is 1. The van der Waals surface area contributed by atoms with Crippen LogP contribution in [0.15, 0.2) is 6.07 Å². The highest BCUT2D eigenvalue weighted by Gasteiger charge is 2.15. The molecule has 1 heterocycles. The fourth-order valence-corrected chi connectivity index (χ4v) is 1.27. The molecule has 66 valence electrons. The van der Waals surface area contributed by atoms with E-state index in [2.05, 4.69) is 4.98 Å². The second-order valence-corrected chi connectivity index (χ2v) is 3.56. The molecule has 0 bridgehead atoms. The van der Waals surface area contributed by atoms with Crippen LogP contribution in [0, 0.1) is 3.57 Å². The summed E-state index contributed by atoms with van der Waals surface area (Å²) in [5.41, 5.74) is 4.80. The van der Waals surface area contributed by atoms with Crippen LogP contribution in [0.25, 0.3) is 0 Å². The van der Waals surface area contributed by atoms with Crippen LogP contribution in [0.3, 0.4) is 0 Å². The summed E-state index contributed by atoms with van der Waals surface area (Å²) in [6.45, 7) is 0. The number of pyridine rings is 1. The molecule has 6 heteroatoms. The SMILES string of the molecule is Nc1cc(I)c(Cl)nc1C(F)F. The number of nitrogen functional groups attached to an aromatic ring is 1. The predicted molar refractivity (Wildman–Crippen MR) is 51.3 cm³/mol. The third-order valence-corrected chi connectivity index (χ3v) is 2.63. The molecule has 0 saturated heterocycles. The van der Waals surface area contributed by atoms with E-state index in [9.17, 15) is 8.78 Å². The lowest BCUT2D eigenvalue weighted by Crippen LogP contribution is -1.99. The molecule has 2 nitrogen and oxygen atoms in total. The first kappa shape index (κ1) is 9.91. The molecule has 0 aliphatic heterocycles. The number of nitrogens with two attached hydrogens (primary N) is 1. The summed E-state index contributed by atoms with van der Waals surface area (Å²) in [5.74, 6) is 0. The van der Waals surface area contributed by atoms with Crippen LogP contribution in [0.4, 0.5) is 14.5 Å². The van der Waals surface area contributed by atoms with Gasteiger partial charge in [-0.1, -0.05) is 11.6 Å². The zero-order valence-electron chi connectivity index (χ0n) is 5.69. The lowest BCUT2D eigenvalue weighted by molar-refractivity contribution is 0.147. The van der Waals surface area contributed by atoms with Gasteiger partial charge in [0.25, 0.3) is 6.43 Å². The molecule has 0 unspecified atom stereocenters. The van der Waals surface area contributed by atoms with Crippen molar-refractivity contribution in [1.82, 2.24) is 4.98 Å². The van der Waals surface area contributed by atoms with Crippen molar-refractivity contribution in [2.24, 2.45) is 0 Å². The standard InChI is InChI=1S/C6H4ClF2IN2/c7-5-2(10)1-3(11)4(12-5)6(8)9/h1,6H,11H2. The van der Waals surface area contributed by atoms with Gasteiger partial charge in [-0.15, -0.1) is 0 Å². The van der Waals surface area contributed by atoms with Gasteiger partial charge in [0.1, 0.15) is 10.8 Å². The average molecular weight is 304 g/mol. The smallest absolute Gasteiger partial charge is 0.282 e.